The number of hydrogen-bond acceptors (Lipinski definition) is 3. The normalized spacial score (nSPS) is 18.2. The lowest BCUT2D eigenvalue weighted by Gasteiger charge is -2.37. The van der Waals surface area contributed by atoms with E-state index in [1.165, 1.54) is 24.3 Å². The van der Waals surface area contributed by atoms with E-state index in [2.05, 4.69) is 22.9 Å². The summed E-state index contributed by atoms with van der Waals surface area (Å²) in [6.07, 6.45) is 3.92. The quantitative estimate of drug-likeness (QED) is 0.764. The van der Waals surface area contributed by atoms with Crippen molar-refractivity contribution in [1.82, 2.24) is 10.2 Å². The Hall–Kier alpha value is -2.99. The van der Waals surface area contributed by atoms with Gasteiger partial charge in [-0.3, -0.25) is 5.32 Å². The lowest BCUT2D eigenvalue weighted by Crippen LogP contribution is -2.45. The van der Waals surface area contributed by atoms with E-state index in [0.29, 0.717) is 5.70 Å². The van der Waals surface area contributed by atoms with Crippen molar-refractivity contribution in [3.05, 3.63) is 89.6 Å². The second-order valence-electron chi connectivity index (χ2n) is 7.75. The number of alkyl carbamates (subject to hydrolysis) is 1. The van der Waals surface area contributed by atoms with Gasteiger partial charge in [-0.2, -0.15) is 0 Å². The first-order chi connectivity index (χ1) is 14.4. The molecule has 2 aliphatic heterocycles. The van der Waals surface area contributed by atoms with Gasteiger partial charge < -0.3 is 9.64 Å². The first-order valence-electron chi connectivity index (χ1n) is 10.1. The molecule has 156 valence electrons. The van der Waals surface area contributed by atoms with Crippen LogP contribution in [0.3, 0.4) is 0 Å². The van der Waals surface area contributed by atoms with Crippen molar-refractivity contribution in [2.45, 2.75) is 24.9 Å². The predicted molar refractivity (Wildman–Crippen MR) is 112 cm³/mol. The van der Waals surface area contributed by atoms with Crippen LogP contribution in [0, 0.1) is 11.6 Å². The molecule has 2 saturated heterocycles. The maximum Gasteiger partial charge on any atom is 0.412 e. The first kappa shape index (κ1) is 20.3. The molecule has 2 heterocycles. The number of amides is 1. The minimum absolute atomic E-state index is 0.289. The number of piperidine rings is 1. The third-order valence-corrected chi connectivity index (χ3v) is 5.86. The minimum Gasteiger partial charge on any atom is -0.436 e. The molecule has 1 N–H and O–H groups in total. The zero-order chi connectivity index (χ0) is 21.1. The molecule has 0 unspecified atom stereocenters. The number of nitrogens with zero attached hydrogens (tertiary/aromatic N) is 1. The molecule has 0 bridgehead atoms. The van der Waals surface area contributed by atoms with Crippen molar-refractivity contribution >= 4 is 11.7 Å². The van der Waals surface area contributed by atoms with Gasteiger partial charge in [0.15, 0.2) is 5.60 Å². The molecule has 1 spiro atoms. The standard InChI is InChI=1S/C24H24F2N2O2/c1-17-24(30-23(29)27-17)12-15-28(16-13-24)14-2-3-22(18-4-8-20(25)9-5-18)19-6-10-21(26)11-7-19/h3-11H,1-2,12-16H2,(H,27,29). The van der Waals surface area contributed by atoms with Crippen LogP contribution in [0.15, 0.2) is 66.9 Å². The average molecular weight is 410 g/mol. The highest BCUT2D eigenvalue weighted by atomic mass is 19.1. The van der Waals surface area contributed by atoms with Crippen LogP contribution in [0.1, 0.15) is 30.4 Å². The van der Waals surface area contributed by atoms with Crippen LogP contribution >= 0.6 is 0 Å². The highest BCUT2D eigenvalue weighted by Gasteiger charge is 2.45. The Morgan fingerprint density at radius 1 is 1.03 bits per heavy atom. The summed E-state index contributed by atoms with van der Waals surface area (Å²) in [4.78, 5) is 13.8. The van der Waals surface area contributed by atoms with Crippen molar-refractivity contribution in [1.29, 1.82) is 0 Å². The van der Waals surface area contributed by atoms with E-state index in [0.717, 1.165) is 55.6 Å². The van der Waals surface area contributed by atoms with Crippen LogP contribution in [0.25, 0.3) is 5.57 Å². The van der Waals surface area contributed by atoms with Crippen LogP contribution in [-0.4, -0.2) is 36.2 Å². The number of nitrogens with one attached hydrogen (secondary N) is 1. The smallest absolute Gasteiger partial charge is 0.412 e. The molecule has 30 heavy (non-hydrogen) atoms. The fourth-order valence-electron chi connectivity index (χ4n) is 4.10. The van der Waals surface area contributed by atoms with Gasteiger partial charge in [-0.05, 0) is 47.4 Å². The van der Waals surface area contributed by atoms with Gasteiger partial charge in [0.2, 0.25) is 0 Å². The number of benzene rings is 2. The van der Waals surface area contributed by atoms with Gasteiger partial charge in [-0.1, -0.05) is 36.9 Å². The number of ether oxygens (including phenoxy) is 1. The maximum absolute atomic E-state index is 13.4. The van der Waals surface area contributed by atoms with E-state index in [1.807, 2.05) is 0 Å². The number of likely N-dealkylation sites (tertiary alicyclic amines) is 1. The van der Waals surface area contributed by atoms with Crippen molar-refractivity contribution in [2.75, 3.05) is 19.6 Å². The Bertz CT molecular complexity index is 912. The first-order valence-corrected chi connectivity index (χ1v) is 10.1. The Morgan fingerprint density at radius 2 is 1.57 bits per heavy atom. The largest absolute Gasteiger partial charge is 0.436 e. The van der Waals surface area contributed by atoms with Gasteiger partial charge in [0, 0.05) is 32.5 Å². The maximum atomic E-state index is 13.4. The SMILES string of the molecule is C=C1NC(=O)OC12CCN(CCC=C(c1ccc(F)cc1)c1ccc(F)cc1)CC2. The fraction of sp³-hybridized carbons (Fsp3) is 0.292. The molecule has 0 saturated carbocycles. The number of carbonyl (C=O) groups excluding carboxylic acids is 1. The molecule has 0 atom stereocenters. The Labute approximate surface area is 174 Å². The summed E-state index contributed by atoms with van der Waals surface area (Å²) in [7, 11) is 0. The van der Waals surface area contributed by atoms with E-state index in [1.54, 1.807) is 24.3 Å². The van der Waals surface area contributed by atoms with Crippen LogP contribution in [0.2, 0.25) is 0 Å². The lowest BCUT2D eigenvalue weighted by atomic mass is 9.89. The third kappa shape index (κ3) is 4.28. The molecule has 0 aromatic heterocycles. The summed E-state index contributed by atoms with van der Waals surface area (Å²) in [6, 6.07) is 12.7. The predicted octanol–water partition coefficient (Wildman–Crippen LogP) is 4.87. The van der Waals surface area contributed by atoms with Crippen molar-refractivity contribution in [3.63, 3.8) is 0 Å². The van der Waals surface area contributed by atoms with Crippen LogP contribution in [-0.2, 0) is 4.74 Å². The highest BCUT2D eigenvalue weighted by molar-refractivity contribution is 5.79. The lowest BCUT2D eigenvalue weighted by molar-refractivity contribution is 0.0155. The second kappa shape index (κ2) is 8.40. The van der Waals surface area contributed by atoms with Gasteiger partial charge >= 0.3 is 6.09 Å². The second-order valence-corrected chi connectivity index (χ2v) is 7.75. The third-order valence-electron chi connectivity index (χ3n) is 5.86. The Morgan fingerprint density at radius 3 is 2.03 bits per heavy atom. The zero-order valence-electron chi connectivity index (χ0n) is 16.7. The monoisotopic (exact) mass is 410 g/mol. The van der Waals surface area contributed by atoms with Gasteiger partial charge in [0.05, 0.1) is 5.70 Å². The van der Waals surface area contributed by atoms with Crippen LogP contribution in [0.4, 0.5) is 13.6 Å². The number of rotatable bonds is 5. The number of hydrogen-bond donors (Lipinski definition) is 1. The summed E-state index contributed by atoms with van der Waals surface area (Å²) in [5.74, 6) is -0.578. The molecule has 1 amide bonds. The molecular formula is C24H24F2N2O2. The van der Waals surface area contributed by atoms with E-state index in [-0.39, 0.29) is 11.6 Å². The van der Waals surface area contributed by atoms with Crippen LogP contribution < -0.4 is 5.32 Å². The topological polar surface area (TPSA) is 41.6 Å². The summed E-state index contributed by atoms with van der Waals surface area (Å²) >= 11 is 0. The van der Waals surface area contributed by atoms with E-state index in [9.17, 15) is 13.6 Å². The zero-order valence-corrected chi connectivity index (χ0v) is 16.7. The molecule has 2 aromatic carbocycles. The summed E-state index contributed by atoms with van der Waals surface area (Å²) in [5, 5.41) is 2.66. The van der Waals surface area contributed by atoms with Gasteiger partial charge in [-0.15, -0.1) is 0 Å². The summed E-state index contributed by atoms with van der Waals surface area (Å²) in [5.41, 5.74) is 2.81. The average Bonchev–Trinajstić information content (AvgIpc) is 3.01. The molecule has 4 rings (SSSR count). The van der Waals surface area contributed by atoms with E-state index in [4.69, 9.17) is 4.74 Å². The summed E-state index contributed by atoms with van der Waals surface area (Å²) < 4.78 is 32.2. The van der Waals surface area contributed by atoms with Gasteiger partial charge in [0.25, 0.3) is 0 Å². The Balaban J connectivity index is 1.43. The van der Waals surface area contributed by atoms with E-state index < -0.39 is 11.7 Å². The molecule has 2 aliphatic rings. The van der Waals surface area contributed by atoms with Gasteiger partial charge in [0.1, 0.15) is 11.6 Å². The van der Waals surface area contributed by atoms with Crippen molar-refractivity contribution in [2.24, 2.45) is 0 Å². The van der Waals surface area contributed by atoms with E-state index >= 15 is 0 Å². The molecule has 2 aromatic rings. The minimum atomic E-state index is -0.573. The summed E-state index contributed by atoms with van der Waals surface area (Å²) in [6.45, 7) is 6.40. The van der Waals surface area contributed by atoms with Crippen molar-refractivity contribution in [3.8, 4) is 0 Å². The molecule has 6 heteroatoms. The molecule has 2 fully saturated rings. The molecule has 0 radical (unpaired) electrons. The molecule has 4 nitrogen and oxygen atoms in total. The Kier molecular flexibility index (Phi) is 5.68. The van der Waals surface area contributed by atoms with Gasteiger partial charge in [-0.25, -0.2) is 13.6 Å². The molecule has 0 aliphatic carbocycles. The number of halogens is 2. The highest BCUT2D eigenvalue weighted by Crippen LogP contribution is 2.35. The fourth-order valence-corrected chi connectivity index (χ4v) is 4.10. The van der Waals surface area contributed by atoms with Crippen molar-refractivity contribution < 1.29 is 18.3 Å². The molecular weight excluding hydrogens is 386 g/mol. The van der Waals surface area contributed by atoms with Crippen LogP contribution in [0.5, 0.6) is 0 Å². The number of carbonyl (C=O) groups is 1.